The Morgan fingerprint density at radius 2 is 1.88 bits per heavy atom. The lowest BCUT2D eigenvalue weighted by atomic mass is 10.2. The standard InChI is InChI=1S/C12H23N3O/c1-12(11-13)15-8-6-14(7-9-15)5-3-2-4-10-16/h12,16H,2-10H2,1H3. The summed E-state index contributed by atoms with van der Waals surface area (Å²) >= 11 is 0. The van der Waals surface area contributed by atoms with Crippen molar-refractivity contribution in [2.75, 3.05) is 39.3 Å². The minimum Gasteiger partial charge on any atom is -0.396 e. The van der Waals surface area contributed by atoms with Crippen LogP contribution in [0.3, 0.4) is 0 Å². The van der Waals surface area contributed by atoms with Crippen molar-refractivity contribution in [1.29, 1.82) is 5.26 Å². The van der Waals surface area contributed by atoms with Crippen molar-refractivity contribution < 1.29 is 5.11 Å². The molecule has 0 aromatic rings. The molecule has 4 heteroatoms. The van der Waals surface area contributed by atoms with Crippen LogP contribution in [0.25, 0.3) is 0 Å². The molecular weight excluding hydrogens is 202 g/mol. The van der Waals surface area contributed by atoms with E-state index in [1.165, 1.54) is 6.42 Å². The van der Waals surface area contributed by atoms with Crippen molar-refractivity contribution in [3.8, 4) is 6.07 Å². The number of hydrogen-bond acceptors (Lipinski definition) is 4. The van der Waals surface area contributed by atoms with Gasteiger partial charge in [0.05, 0.1) is 12.1 Å². The Morgan fingerprint density at radius 3 is 2.44 bits per heavy atom. The van der Waals surface area contributed by atoms with Gasteiger partial charge in [0.25, 0.3) is 0 Å². The average Bonchev–Trinajstić information content (AvgIpc) is 2.34. The number of aliphatic hydroxyl groups excluding tert-OH is 1. The zero-order chi connectivity index (χ0) is 11.8. The average molecular weight is 225 g/mol. The van der Waals surface area contributed by atoms with E-state index < -0.39 is 0 Å². The van der Waals surface area contributed by atoms with Crippen LogP contribution < -0.4 is 0 Å². The van der Waals surface area contributed by atoms with Gasteiger partial charge in [0, 0.05) is 32.8 Å². The molecule has 0 spiro atoms. The van der Waals surface area contributed by atoms with E-state index >= 15 is 0 Å². The van der Waals surface area contributed by atoms with E-state index in [2.05, 4.69) is 15.9 Å². The molecular formula is C12H23N3O. The minimum atomic E-state index is 0.0524. The minimum absolute atomic E-state index is 0.0524. The highest BCUT2D eigenvalue weighted by Gasteiger charge is 2.19. The summed E-state index contributed by atoms with van der Waals surface area (Å²) in [5.41, 5.74) is 0. The van der Waals surface area contributed by atoms with Crippen molar-refractivity contribution in [1.82, 2.24) is 9.80 Å². The van der Waals surface area contributed by atoms with Crippen LogP contribution in [0.4, 0.5) is 0 Å². The van der Waals surface area contributed by atoms with E-state index in [1.54, 1.807) is 0 Å². The number of nitrogens with zero attached hydrogens (tertiary/aromatic N) is 3. The van der Waals surface area contributed by atoms with Gasteiger partial charge in [-0.1, -0.05) is 0 Å². The van der Waals surface area contributed by atoms with Crippen LogP contribution in [0.2, 0.25) is 0 Å². The number of rotatable bonds is 6. The van der Waals surface area contributed by atoms with Crippen LogP contribution in [-0.4, -0.2) is 60.3 Å². The molecule has 1 rings (SSSR count). The van der Waals surface area contributed by atoms with Gasteiger partial charge in [0.15, 0.2) is 0 Å². The molecule has 1 aliphatic heterocycles. The summed E-state index contributed by atoms with van der Waals surface area (Å²) in [5, 5.41) is 17.5. The van der Waals surface area contributed by atoms with Crippen LogP contribution in [0, 0.1) is 11.3 Å². The summed E-state index contributed by atoms with van der Waals surface area (Å²) in [6.07, 6.45) is 3.21. The van der Waals surface area contributed by atoms with Gasteiger partial charge in [-0.15, -0.1) is 0 Å². The second kappa shape index (κ2) is 7.61. The van der Waals surface area contributed by atoms with Crippen molar-refractivity contribution in [2.45, 2.75) is 32.2 Å². The highest BCUT2D eigenvalue weighted by atomic mass is 16.2. The summed E-state index contributed by atoms with van der Waals surface area (Å²) in [7, 11) is 0. The van der Waals surface area contributed by atoms with Crippen LogP contribution in [0.5, 0.6) is 0 Å². The molecule has 1 saturated heterocycles. The maximum atomic E-state index is 8.82. The number of piperazine rings is 1. The van der Waals surface area contributed by atoms with Crippen molar-refractivity contribution in [3.05, 3.63) is 0 Å². The van der Waals surface area contributed by atoms with E-state index in [-0.39, 0.29) is 6.04 Å². The highest BCUT2D eigenvalue weighted by Crippen LogP contribution is 2.07. The molecule has 0 aromatic carbocycles. The van der Waals surface area contributed by atoms with E-state index in [9.17, 15) is 0 Å². The van der Waals surface area contributed by atoms with Crippen molar-refractivity contribution in [2.24, 2.45) is 0 Å². The predicted octanol–water partition coefficient (Wildman–Crippen LogP) is 0.679. The van der Waals surface area contributed by atoms with Crippen LogP contribution in [-0.2, 0) is 0 Å². The summed E-state index contributed by atoms with van der Waals surface area (Å²) in [5.74, 6) is 0. The molecule has 1 N–H and O–H groups in total. The second-order valence-electron chi connectivity index (χ2n) is 4.47. The molecule has 1 atom stereocenters. The first-order valence-corrected chi connectivity index (χ1v) is 6.25. The van der Waals surface area contributed by atoms with Gasteiger partial charge >= 0.3 is 0 Å². The maximum Gasteiger partial charge on any atom is 0.0950 e. The number of unbranched alkanes of at least 4 members (excludes halogenated alkanes) is 2. The fourth-order valence-corrected chi connectivity index (χ4v) is 2.08. The second-order valence-corrected chi connectivity index (χ2v) is 4.47. The fourth-order valence-electron chi connectivity index (χ4n) is 2.08. The predicted molar refractivity (Wildman–Crippen MR) is 64.0 cm³/mol. The molecule has 1 aliphatic rings. The Bertz CT molecular complexity index is 219. The van der Waals surface area contributed by atoms with Gasteiger partial charge in [-0.25, -0.2) is 0 Å². The molecule has 0 aromatic heterocycles. The van der Waals surface area contributed by atoms with Gasteiger partial charge in [-0.3, -0.25) is 4.90 Å². The molecule has 0 saturated carbocycles. The monoisotopic (exact) mass is 225 g/mol. The summed E-state index contributed by atoms with van der Waals surface area (Å²) in [6, 6.07) is 2.34. The molecule has 92 valence electrons. The largest absolute Gasteiger partial charge is 0.396 e. The number of aliphatic hydroxyl groups is 1. The third-order valence-corrected chi connectivity index (χ3v) is 3.27. The van der Waals surface area contributed by atoms with Crippen molar-refractivity contribution in [3.63, 3.8) is 0 Å². The first-order chi connectivity index (χ1) is 7.77. The molecule has 0 radical (unpaired) electrons. The smallest absolute Gasteiger partial charge is 0.0950 e. The first-order valence-electron chi connectivity index (χ1n) is 6.25. The van der Waals surface area contributed by atoms with Crippen LogP contribution >= 0.6 is 0 Å². The Kier molecular flexibility index (Phi) is 6.39. The van der Waals surface area contributed by atoms with Gasteiger partial charge in [-0.05, 0) is 32.7 Å². The fraction of sp³-hybridized carbons (Fsp3) is 0.917. The molecule has 0 bridgehead atoms. The van der Waals surface area contributed by atoms with E-state index in [1.807, 2.05) is 6.92 Å². The Balaban J connectivity index is 2.10. The van der Waals surface area contributed by atoms with Gasteiger partial charge in [0.2, 0.25) is 0 Å². The third kappa shape index (κ3) is 4.48. The lowest BCUT2D eigenvalue weighted by Crippen LogP contribution is -2.49. The van der Waals surface area contributed by atoms with Crippen LogP contribution in [0.1, 0.15) is 26.2 Å². The summed E-state index contributed by atoms with van der Waals surface area (Å²) < 4.78 is 0. The molecule has 0 aliphatic carbocycles. The lowest BCUT2D eigenvalue weighted by Gasteiger charge is -2.35. The normalized spacial score (nSPS) is 20.6. The number of hydrogen-bond donors (Lipinski definition) is 1. The maximum absolute atomic E-state index is 8.82. The molecule has 0 amide bonds. The Labute approximate surface area is 98.5 Å². The topological polar surface area (TPSA) is 50.5 Å². The van der Waals surface area contributed by atoms with E-state index in [4.69, 9.17) is 10.4 Å². The summed E-state index contributed by atoms with van der Waals surface area (Å²) in [4.78, 5) is 4.70. The number of nitriles is 1. The van der Waals surface area contributed by atoms with E-state index in [0.29, 0.717) is 6.61 Å². The lowest BCUT2D eigenvalue weighted by molar-refractivity contribution is 0.117. The third-order valence-electron chi connectivity index (χ3n) is 3.27. The molecule has 16 heavy (non-hydrogen) atoms. The highest BCUT2D eigenvalue weighted by molar-refractivity contribution is 4.90. The van der Waals surface area contributed by atoms with Gasteiger partial charge in [0.1, 0.15) is 0 Å². The molecule has 4 nitrogen and oxygen atoms in total. The molecule has 1 heterocycles. The van der Waals surface area contributed by atoms with Crippen molar-refractivity contribution >= 4 is 0 Å². The quantitative estimate of drug-likeness (QED) is 0.675. The van der Waals surface area contributed by atoms with Crippen LogP contribution in [0.15, 0.2) is 0 Å². The summed E-state index contributed by atoms with van der Waals surface area (Å²) in [6.45, 7) is 7.58. The zero-order valence-corrected chi connectivity index (χ0v) is 10.2. The zero-order valence-electron chi connectivity index (χ0n) is 10.2. The Morgan fingerprint density at radius 1 is 1.19 bits per heavy atom. The SMILES string of the molecule is CC(C#N)N1CCN(CCCCCO)CC1. The molecule has 1 unspecified atom stereocenters. The first kappa shape index (κ1) is 13.4. The Hall–Kier alpha value is -0.630. The molecule has 1 fully saturated rings. The van der Waals surface area contributed by atoms with Gasteiger partial charge in [-0.2, -0.15) is 5.26 Å². The van der Waals surface area contributed by atoms with Gasteiger partial charge < -0.3 is 10.0 Å². The van der Waals surface area contributed by atoms with E-state index in [0.717, 1.165) is 45.6 Å².